The van der Waals surface area contributed by atoms with Gasteiger partial charge in [0.2, 0.25) is 0 Å². The molecular weight excluding hydrogens is 332 g/mol. The molecule has 0 fully saturated rings. The van der Waals surface area contributed by atoms with Gasteiger partial charge >= 0.3 is 0 Å². The molecular formula is C12H13BrF4O2. The van der Waals surface area contributed by atoms with Gasteiger partial charge in [-0.1, -0.05) is 6.92 Å². The summed E-state index contributed by atoms with van der Waals surface area (Å²) in [6.07, 6.45) is -1.81. The lowest BCUT2D eigenvalue weighted by molar-refractivity contribution is -0.0137. The first kappa shape index (κ1) is 16.2. The van der Waals surface area contributed by atoms with Crippen LogP contribution in [0.5, 0.6) is 5.75 Å². The summed E-state index contributed by atoms with van der Waals surface area (Å²) in [5, 5.41) is 8.81. The fourth-order valence-electron chi connectivity index (χ4n) is 1.40. The van der Waals surface area contributed by atoms with E-state index in [4.69, 9.17) is 9.84 Å². The van der Waals surface area contributed by atoms with E-state index in [0.717, 1.165) is 12.1 Å². The maximum Gasteiger partial charge on any atom is 0.276 e. The van der Waals surface area contributed by atoms with E-state index in [1.807, 2.05) is 0 Å². The number of benzene rings is 1. The highest BCUT2D eigenvalue weighted by Crippen LogP contribution is 2.40. The molecule has 1 atom stereocenters. The van der Waals surface area contributed by atoms with Gasteiger partial charge in [0.25, 0.3) is 5.92 Å². The summed E-state index contributed by atoms with van der Waals surface area (Å²) >= 11 is 2.81. The Morgan fingerprint density at radius 2 is 2.05 bits per heavy atom. The maximum absolute atomic E-state index is 13.7. The van der Waals surface area contributed by atoms with E-state index < -0.39 is 48.9 Å². The zero-order chi connectivity index (χ0) is 14.6. The van der Waals surface area contributed by atoms with Crippen molar-refractivity contribution in [3.05, 3.63) is 28.0 Å². The van der Waals surface area contributed by atoms with Gasteiger partial charge < -0.3 is 9.84 Å². The lowest BCUT2D eigenvalue weighted by Crippen LogP contribution is -2.25. The maximum atomic E-state index is 13.7. The van der Waals surface area contributed by atoms with Gasteiger partial charge in [-0.25, -0.2) is 17.6 Å². The van der Waals surface area contributed by atoms with Crippen molar-refractivity contribution >= 4 is 15.9 Å². The van der Waals surface area contributed by atoms with E-state index in [0.29, 0.717) is 0 Å². The van der Waals surface area contributed by atoms with Crippen molar-refractivity contribution in [2.24, 2.45) is 0 Å². The number of hydrogen-bond acceptors (Lipinski definition) is 2. The average molecular weight is 345 g/mol. The van der Waals surface area contributed by atoms with Crippen LogP contribution in [0.25, 0.3) is 0 Å². The van der Waals surface area contributed by atoms with Crippen molar-refractivity contribution in [3.63, 3.8) is 0 Å². The standard InChI is InChI=1S/C12H13BrF4O2/c1-2-12(16,17)8-3-9(13)10(15)4-11(8)19-7(5-14)6-18/h3-4,7,18H,2,5-6H2,1H3/t7-/m0/s1. The van der Waals surface area contributed by atoms with Gasteiger partial charge in [0, 0.05) is 12.5 Å². The van der Waals surface area contributed by atoms with E-state index in [1.54, 1.807) is 0 Å². The molecule has 7 heteroatoms. The number of aliphatic hydroxyl groups excluding tert-OH is 1. The molecule has 0 unspecified atom stereocenters. The van der Waals surface area contributed by atoms with Gasteiger partial charge in [-0.3, -0.25) is 0 Å². The highest BCUT2D eigenvalue weighted by Gasteiger charge is 2.34. The third-order valence-electron chi connectivity index (χ3n) is 2.53. The molecule has 0 radical (unpaired) electrons. The normalized spacial score (nSPS) is 13.4. The highest BCUT2D eigenvalue weighted by atomic mass is 79.9. The van der Waals surface area contributed by atoms with Crippen LogP contribution in [0.1, 0.15) is 18.9 Å². The van der Waals surface area contributed by atoms with Crippen LogP contribution in [0.3, 0.4) is 0 Å². The molecule has 0 saturated carbocycles. The monoisotopic (exact) mass is 344 g/mol. The Kier molecular flexibility index (Phi) is 5.61. The Balaban J connectivity index is 3.24. The third kappa shape index (κ3) is 3.82. The first-order valence-corrected chi connectivity index (χ1v) is 6.35. The molecule has 1 aromatic rings. The fraction of sp³-hybridized carbons (Fsp3) is 0.500. The fourth-order valence-corrected chi connectivity index (χ4v) is 1.74. The molecule has 0 aliphatic heterocycles. The van der Waals surface area contributed by atoms with E-state index in [9.17, 15) is 17.6 Å². The van der Waals surface area contributed by atoms with Crippen LogP contribution in [0.15, 0.2) is 16.6 Å². The number of halogens is 5. The molecule has 0 aliphatic rings. The van der Waals surface area contributed by atoms with Gasteiger partial charge in [0.15, 0.2) is 0 Å². The minimum Gasteiger partial charge on any atom is -0.485 e. The van der Waals surface area contributed by atoms with Crippen molar-refractivity contribution in [2.45, 2.75) is 25.4 Å². The Morgan fingerprint density at radius 3 is 2.53 bits per heavy atom. The minimum atomic E-state index is -3.23. The molecule has 0 spiro atoms. The van der Waals surface area contributed by atoms with Crippen LogP contribution in [-0.4, -0.2) is 24.5 Å². The summed E-state index contributed by atoms with van der Waals surface area (Å²) in [5.74, 6) is -4.51. The Hall–Kier alpha value is -0.820. The van der Waals surface area contributed by atoms with Crippen molar-refractivity contribution < 1.29 is 27.4 Å². The summed E-state index contributed by atoms with van der Waals surface area (Å²) < 4.78 is 58.1. The molecule has 108 valence electrons. The highest BCUT2D eigenvalue weighted by molar-refractivity contribution is 9.10. The summed E-state index contributed by atoms with van der Waals surface area (Å²) in [4.78, 5) is 0. The smallest absolute Gasteiger partial charge is 0.276 e. The van der Waals surface area contributed by atoms with E-state index >= 15 is 0 Å². The van der Waals surface area contributed by atoms with E-state index in [1.165, 1.54) is 6.92 Å². The molecule has 0 heterocycles. The van der Waals surface area contributed by atoms with Crippen LogP contribution >= 0.6 is 15.9 Å². The van der Waals surface area contributed by atoms with Gasteiger partial charge in [0.1, 0.15) is 24.3 Å². The Bertz CT molecular complexity index is 436. The number of rotatable bonds is 6. The number of ether oxygens (including phenoxy) is 1. The summed E-state index contributed by atoms with van der Waals surface area (Å²) in [5.41, 5.74) is -0.546. The second-order valence-corrected chi connectivity index (χ2v) is 4.75. The molecule has 19 heavy (non-hydrogen) atoms. The first-order valence-electron chi connectivity index (χ1n) is 5.56. The second-order valence-electron chi connectivity index (χ2n) is 3.90. The van der Waals surface area contributed by atoms with Gasteiger partial charge in [-0.15, -0.1) is 0 Å². The van der Waals surface area contributed by atoms with Crippen molar-refractivity contribution in [2.75, 3.05) is 13.3 Å². The SMILES string of the molecule is CCC(F)(F)c1cc(Br)c(F)cc1O[C@H](CO)CF. The van der Waals surface area contributed by atoms with Crippen molar-refractivity contribution in [3.8, 4) is 5.75 Å². The van der Waals surface area contributed by atoms with Crippen molar-refractivity contribution in [1.29, 1.82) is 0 Å². The molecule has 1 N–H and O–H groups in total. The van der Waals surface area contributed by atoms with E-state index in [2.05, 4.69) is 15.9 Å². The molecule has 0 saturated heterocycles. The summed E-state index contributed by atoms with van der Waals surface area (Å²) in [6, 6.07) is 1.65. The third-order valence-corrected chi connectivity index (χ3v) is 3.14. The van der Waals surface area contributed by atoms with Crippen LogP contribution in [-0.2, 0) is 5.92 Å². The molecule has 0 aromatic heterocycles. The van der Waals surface area contributed by atoms with Gasteiger partial charge in [-0.05, 0) is 22.0 Å². The Morgan fingerprint density at radius 1 is 1.42 bits per heavy atom. The molecule has 1 aromatic carbocycles. The van der Waals surface area contributed by atoms with Crippen LogP contribution in [0, 0.1) is 5.82 Å². The van der Waals surface area contributed by atoms with Gasteiger partial charge in [-0.2, -0.15) is 0 Å². The van der Waals surface area contributed by atoms with Crippen molar-refractivity contribution in [1.82, 2.24) is 0 Å². The second kappa shape index (κ2) is 6.56. The zero-order valence-corrected chi connectivity index (χ0v) is 11.7. The quantitative estimate of drug-likeness (QED) is 0.795. The molecule has 0 aliphatic carbocycles. The Labute approximate surface area is 116 Å². The number of aliphatic hydroxyl groups is 1. The van der Waals surface area contributed by atoms with Crippen LogP contribution < -0.4 is 4.74 Å². The lowest BCUT2D eigenvalue weighted by Gasteiger charge is -2.22. The molecule has 1 rings (SSSR count). The average Bonchev–Trinajstić information content (AvgIpc) is 2.39. The molecule has 0 amide bonds. The predicted octanol–water partition coefficient (Wildman–Crippen LogP) is 3.80. The number of alkyl halides is 3. The largest absolute Gasteiger partial charge is 0.485 e. The number of hydrogen-bond donors (Lipinski definition) is 1. The first-order chi connectivity index (χ1) is 8.85. The van der Waals surface area contributed by atoms with Crippen LogP contribution in [0.2, 0.25) is 0 Å². The van der Waals surface area contributed by atoms with E-state index in [-0.39, 0.29) is 4.47 Å². The van der Waals surface area contributed by atoms with Crippen LogP contribution in [0.4, 0.5) is 17.6 Å². The minimum absolute atomic E-state index is 0.135. The summed E-state index contributed by atoms with van der Waals surface area (Å²) in [7, 11) is 0. The molecule has 2 nitrogen and oxygen atoms in total. The van der Waals surface area contributed by atoms with Gasteiger partial charge in [0.05, 0.1) is 16.6 Å². The topological polar surface area (TPSA) is 29.5 Å². The predicted molar refractivity (Wildman–Crippen MR) is 65.8 cm³/mol. The zero-order valence-electron chi connectivity index (χ0n) is 10.1. The summed E-state index contributed by atoms with van der Waals surface area (Å²) in [6.45, 7) is -0.490. The lowest BCUT2D eigenvalue weighted by atomic mass is 10.0. The molecule has 0 bridgehead atoms.